The zero-order valence-electron chi connectivity index (χ0n) is 24.7. The molecule has 228 valence electrons. The second-order valence-electron chi connectivity index (χ2n) is 11.1. The minimum Gasteiger partial charge on any atom is -0.492 e. The summed E-state index contributed by atoms with van der Waals surface area (Å²) in [7, 11) is 0. The van der Waals surface area contributed by atoms with Gasteiger partial charge in [-0.05, 0) is 48.2 Å². The molecule has 0 radical (unpaired) electrons. The number of primary amides is 1. The first-order chi connectivity index (χ1) is 21.5. The number of benzene rings is 2. The van der Waals surface area contributed by atoms with Gasteiger partial charge in [-0.2, -0.15) is 0 Å². The summed E-state index contributed by atoms with van der Waals surface area (Å²) in [5, 5.41) is 4.02. The highest BCUT2D eigenvalue weighted by Crippen LogP contribution is 2.29. The predicted molar refractivity (Wildman–Crippen MR) is 168 cm³/mol. The normalized spacial score (nSPS) is 15.4. The maximum absolute atomic E-state index is 13.2. The molecule has 4 aromatic rings. The molecule has 1 amide bonds. The van der Waals surface area contributed by atoms with Gasteiger partial charge in [0.05, 0.1) is 24.3 Å². The molecule has 11 heteroatoms. The fourth-order valence-electron chi connectivity index (χ4n) is 5.70. The van der Waals surface area contributed by atoms with Crippen LogP contribution < -0.4 is 20.7 Å². The van der Waals surface area contributed by atoms with Crippen molar-refractivity contribution in [2.75, 3.05) is 62.8 Å². The maximum atomic E-state index is 13.2. The number of amides is 1. The number of ether oxygens (including phenoxy) is 2. The summed E-state index contributed by atoms with van der Waals surface area (Å²) in [6, 6.07) is 15.1. The Bertz CT molecular complexity index is 1630. The third-order valence-corrected chi connectivity index (χ3v) is 8.07. The van der Waals surface area contributed by atoms with Crippen molar-refractivity contribution in [2.45, 2.75) is 25.8 Å². The van der Waals surface area contributed by atoms with Crippen LogP contribution in [0.3, 0.4) is 0 Å². The van der Waals surface area contributed by atoms with Crippen LogP contribution >= 0.6 is 0 Å². The molecule has 0 atom stereocenters. The number of morpholine rings is 1. The molecule has 0 aliphatic carbocycles. The maximum Gasteiger partial charge on any atom is 0.251 e. The number of aromatic nitrogens is 3. The van der Waals surface area contributed by atoms with Crippen LogP contribution in [0.5, 0.6) is 5.75 Å². The molecule has 0 unspecified atom stereocenters. The number of pyridine rings is 1. The number of nitrogens with two attached hydrogens (primary N) is 1. The first-order valence-electron chi connectivity index (χ1n) is 15.1. The SMILES string of the molecule is NC(=O)c1cc(OCCN2CCOCC2)cc2c(NCc3cccc(CC(=O)c4ccnc(N5CCCC5)c4)c3)ncnc12. The van der Waals surface area contributed by atoms with Crippen molar-refractivity contribution < 1.29 is 19.1 Å². The topological polar surface area (TPSA) is 136 Å². The molecule has 11 nitrogen and oxygen atoms in total. The number of carbonyl (C=O) groups is 2. The lowest BCUT2D eigenvalue weighted by atomic mass is 10.0. The number of carbonyl (C=O) groups excluding carboxylic acids is 2. The average molecular weight is 596 g/mol. The number of nitrogens with one attached hydrogen (secondary N) is 1. The van der Waals surface area contributed by atoms with Crippen molar-refractivity contribution in [1.82, 2.24) is 19.9 Å². The van der Waals surface area contributed by atoms with Crippen LogP contribution in [-0.2, 0) is 17.7 Å². The Labute approximate surface area is 256 Å². The molecule has 44 heavy (non-hydrogen) atoms. The van der Waals surface area contributed by atoms with Gasteiger partial charge in [0.2, 0.25) is 0 Å². The first-order valence-corrected chi connectivity index (χ1v) is 15.1. The van der Waals surface area contributed by atoms with Gasteiger partial charge in [-0.3, -0.25) is 14.5 Å². The number of ketones is 1. The van der Waals surface area contributed by atoms with E-state index < -0.39 is 5.91 Å². The second-order valence-corrected chi connectivity index (χ2v) is 11.1. The molecule has 2 aromatic carbocycles. The third-order valence-electron chi connectivity index (χ3n) is 8.07. The summed E-state index contributed by atoms with van der Waals surface area (Å²) in [6.07, 6.45) is 5.73. The van der Waals surface area contributed by atoms with Gasteiger partial charge in [0.1, 0.15) is 30.3 Å². The van der Waals surface area contributed by atoms with Gasteiger partial charge >= 0.3 is 0 Å². The third kappa shape index (κ3) is 7.12. The smallest absolute Gasteiger partial charge is 0.251 e. The summed E-state index contributed by atoms with van der Waals surface area (Å²) in [4.78, 5) is 43.3. The zero-order valence-corrected chi connectivity index (χ0v) is 24.7. The lowest BCUT2D eigenvalue weighted by Crippen LogP contribution is -2.38. The van der Waals surface area contributed by atoms with E-state index in [9.17, 15) is 9.59 Å². The fraction of sp³-hybridized carbons (Fsp3) is 0.364. The minimum atomic E-state index is -0.586. The van der Waals surface area contributed by atoms with Crippen molar-refractivity contribution in [3.63, 3.8) is 0 Å². The second kappa shape index (κ2) is 13.8. The quantitative estimate of drug-likeness (QED) is 0.234. The Kier molecular flexibility index (Phi) is 9.23. The van der Waals surface area contributed by atoms with Gasteiger partial charge in [0.25, 0.3) is 5.91 Å². The van der Waals surface area contributed by atoms with Crippen molar-refractivity contribution in [3.05, 3.63) is 83.3 Å². The fourth-order valence-corrected chi connectivity index (χ4v) is 5.70. The number of hydrogen-bond donors (Lipinski definition) is 2. The highest BCUT2D eigenvalue weighted by atomic mass is 16.5. The molecule has 2 saturated heterocycles. The largest absolute Gasteiger partial charge is 0.492 e. The lowest BCUT2D eigenvalue weighted by Gasteiger charge is -2.26. The Balaban J connectivity index is 1.14. The predicted octanol–water partition coefficient (Wildman–Crippen LogP) is 3.47. The van der Waals surface area contributed by atoms with Crippen LogP contribution in [0.25, 0.3) is 10.9 Å². The van der Waals surface area contributed by atoms with Crippen molar-refractivity contribution in [3.8, 4) is 5.75 Å². The highest BCUT2D eigenvalue weighted by Gasteiger charge is 2.17. The lowest BCUT2D eigenvalue weighted by molar-refractivity contribution is 0.0322. The van der Waals surface area contributed by atoms with Gasteiger partial charge in [0, 0.05) is 62.8 Å². The highest BCUT2D eigenvalue weighted by molar-refractivity contribution is 6.07. The van der Waals surface area contributed by atoms with Crippen molar-refractivity contribution in [2.24, 2.45) is 5.73 Å². The molecule has 2 aromatic heterocycles. The van der Waals surface area contributed by atoms with E-state index in [0.717, 1.165) is 75.7 Å². The van der Waals surface area contributed by atoms with E-state index in [1.165, 1.54) is 6.33 Å². The molecule has 0 saturated carbocycles. The van der Waals surface area contributed by atoms with E-state index >= 15 is 0 Å². The Morgan fingerprint density at radius 1 is 0.955 bits per heavy atom. The Morgan fingerprint density at radius 2 is 1.77 bits per heavy atom. The molecule has 3 N–H and O–H groups in total. The average Bonchev–Trinajstić information content (AvgIpc) is 3.60. The number of nitrogens with zero attached hydrogens (tertiary/aromatic N) is 5. The Morgan fingerprint density at radius 3 is 2.59 bits per heavy atom. The first kappa shape index (κ1) is 29.5. The summed E-state index contributed by atoms with van der Waals surface area (Å²) in [5.41, 5.74) is 9.04. The van der Waals surface area contributed by atoms with E-state index in [4.69, 9.17) is 15.2 Å². The molecule has 6 rings (SSSR count). The van der Waals surface area contributed by atoms with Crippen LogP contribution in [0.4, 0.5) is 11.6 Å². The summed E-state index contributed by atoms with van der Waals surface area (Å²) >= 11 is 0. The van der Waals surface area contributed by atoms with Gasteiger partial charge in [0.15, 0.2) is 5.78 Å². The summed E-state index contributed by atoms with van der Waals surface area (Å²) in [6.45, 7) is 6.81. The molecular formula is C33H37N7O4. The van der Waals surface area contributed by atoms with Gasteiger partial charge < -0.3 is 25.4 Å². The molecular weight excluding hydrogens is 558 g/mol. The molecule has 0 spiro atoms. The van der Waals surface area contributed by atoms with Crippen LogP contribution in [0.15, 0.2) is 61.1 Å². The molecule has 2 fully saturated rings. The van der Waals surface area contributed by atoms with Crippen LogP contribution in [0.2, 0.25) is 0 Å². The summed E-state index contributed by atoms with van der Waals surface area (Å²) in [5.74, 6) is 1.43. The van der Waals surface area contributed by atoms with Crippen LogP contribution in [-0.4, -0.2) is 84.1 Å². The van der Waals surface area contributed by atoms with Gasteiger partial charge in [-0.15, -0.1) is 0 Å². The van der Waals surface area contributed by atoms with E-state index in [1.807, 2.05) is 36.4 Å². The minimum absolute atomic E-state index is 0.0554. The summed E-state index contributed by atoms with van der Waals surface area (Å²) < 4.78 is 11.4. The van der Waals surface area contributed by atoms with E-state index in [0.29, 0.717) is 47.6 Å². The Hall–Kier alpha value is -4.61. The standard InChI is InChI=1S/C33H37N7O4/c34-32(42)27-19-26(44-15-12-39-10-13-43-14-11-39)20-28-31(27)37-22-38-33(28)36-21-24-5-3-4-23(16-24)17-29(41)25-6-7-35-30(18-25)40-8-1-2-9-40/h3-7,16,18-20,22H,1-2,8-15,17,21H2,(H2,34,42)(H,36,37,38). The van der Waals surface area contributed by atoms with Gasteiger partial charge in [-0.1, -0.05) is 24.3 Å². The molecule has 2 aliphatic rings. The monoisotopic (exact) mass is 595 g/mol. The van der Waals surface area contributed by atoms with Crippen LogP contribution in [0, 0.1) is 0 Å². The number of anilines is 2. The van der Waals surface area contributed by atoms with E-state index in [1.54, 1.807) is 18.3 Å². The van der Waals surface area contributed by atoms with Crippen molar-refractivity contribution >= 4 is 34.2 Å². The molecule has 2 aliphatic heterocycles. The number of hydrogen-bond acceptors (Lipinski definition) is 10. The van der Waals surface area contributed by atoms with Crippen molar-refractivity contribution in [1.29, 1.82) is 0 Å². The molecule has 4 heterocycles. The van der Waals surface area contributed by atoms with Crippen LogP contribution in [0.1, 0.15) is 44.7 Å². The zero-order chi connectivity index (χ0) is 30.3. The van der Waals surface area contributed by atoms with E-state index in [2.05, 4.69) is 30.1 Å². The molecule has 0 bridgehead atoms. The number of rotatable bonds is 12. The number of Topliss-reactive ketones (excluding diaryl/α,β-unsaturated/α-hetero) is 1. The van der Waals surface area contributed by atoms with E-state index in [-0.39, 0.29) is 11.3 Å². The van der Waals surface area contributed by atoms with Gasteiger partial charge in [-0.25, -0.2) is 15.0 Å². The number of fused-ring (bicyclic) bond motifs is 1.